The van der Waals surface area contributed by atoms with Crippen molar-refractivity contribution in [1.82, 2.24) is 14.9 Å². The van der Waals surface area contributed by atoms with Crippen LogP contribution in [0.3, 0.4) is 0 Å². The molecular formula is C19H19FN4O. The monoisotopic (exact) mass is 338 g/mol. The number of fused-ring (bicyclic) bond motifs is 1. The average molecular weight is 338 g/mol. The molecule has 3 aromatic rings. The van der Waals surface area contributed by atoms with E-state index in [4.69, 9.17) is 5.73 Å². The molecule has 1 aliphatic rings. The number of rotatable bonds is 3. The molecule has 0 radical (unpaired) electrons. The summed E-state index contributed by atoms with van der Waals surface area (Å²) in [6.45, 7) is 1.12. The van der Waals surface area contributed by atoms with Crippen molar-refractivity contribution in [2.24, 2.45) is 5.73 Å². The summed E-state index contributed by atoms with van der Waals surface area (Å²) >= 11 is 0. The molecule has 3 N–H and O–H groups in total. The minimum Gasteiger partial charge on any atom is -0.366 e. The second-order valence-corrected chi connectivity index (χ2v) is 6.56. The molecule has 128 valence electrons. The van der Waals surface area contributed by atoms with Gasteiger partial charge in [-0.05, 0) is 44.1 Å². The number of aromatic nitrogens is 2. The van der Waals surface area contributed by atoms with E-state index in [-0.39, 0.29) is 5.56 Å². The van der Waals surface area contributed by atoms with Crippen molar-refractivity contribution >= 4 is 16.9 Å². The molecule has 25 heavy (non-hydrogen) atoms. The fraction of sp³-hybridized carbons (Fsp3) is 0.263. The number of nitrogens with two attached hydrogens (primary N) is 1. The minimum absolute atomic E-state index is 0.0849. The zero-order valence-electron chi connectivity index (χ0n) is 13.9. The van der Waals surface area contributed by atoms with Crippen molar-refractivity contribution in [3.63, 3.8) is 0 Å². The number of imidazole rings is 1. The maximum Gasteiger partial charge on any atom is 0.251 e. The summed E-state index contributed by atoms with van der Waals surface area (Å²) < 4.78 is 13.7. The van der Waals surface area contributed by atoms with Crippen LogP contribution >= 0.6 is 0 Å². The van der Waals surface area contributed by atoms with Crippen molar-refractivity contribution in [1.29, 1.82) is 0 Å². The van der Waals surface area contributed by atoms with Gasteiger partial charge in [0, 0.05) is 11.6 Å². The van der Waals surface area contributed by atoms with Crippen LogP contribution in [0.5, 0.6) is 0 Å². The van der Waals surface area contributed by atoms with Gasteiger partial charge in [-0.2, -0.15) is 0 Å². The quantitative estimate of drug-likeness (QED) is 0.770. The molecule has 1 amide bonds. The van der Waals surface area contributed by atoms with Crippen molar-refractivity contribution in [3.8, 4) is 11.4 Å². The van der Waals surface area contributed by atoms with E-state index in [1.54, 1.807) is 0 Å². The number of likely N-dealkylation sites (tertiary alicyclic amines) is 1. The van der Waals surface area contributed by atoms with Gasteiger partial charge < -0.3 is 10.7 Å². The molecule has 0 spiro atoms. The predicted molar refractivity (Wildman–Crippen MR) is 94.6 cm³/mol. The zero-order chi connectivity index (χ0) is 17.6. The molecule has 1 saturated heterocycles. The third kappa shape index (κ3) is 2.78. The number of carbonyl (C=O) groups excluding carboxylic acids is 1. The molecule has 0 saturated carbocycles. The molecule has 1 fully saturated rings. The second-order valence-electron chi connectivity index (χ2n) is 6.56. The third-order valence-corrected chi connectivity index (χ3v) is 4.91. The number of halogens is 1. The van der Waals surface area contributed by atoms with Gasteiger partial charge in [-0.3, -0.25) is 9.69 Å². The summed E-state index contributed by atoms with van der Waals surface area (Å²) in [4.78, 5) is 21.4. The fourth-order valence-corrected chi connectivity index (χ4v) is 3.60. The molecule has 4 rings (SSSR count). The van der Waals surface area contributed by atoms with E-state index in [1.165, 1.54) is 24.5 Å². The van der Waals surface area contributed by atoms with E-state index in [0.717, 1.165) is 18.2 Å². The van der Waals surface area contributed by atoms with Crippen LogP contribution in [0.2, 0.25) is 0 Å². The lowest BCUT2D eigenvalue weighted by atomic mass is 10.0. The molecule has 2 aromatic carbocycles. The number of amides is 1. The standard InChI is InChI=1S/C19H19FN4O/c1-24-8-2-3-16(24)11-4-6-12(7-5-11)19-22-15-10-13(20)9-14(18(21)25)17(15)23-19/h4-7,9-10,16H,2-3,8H2,1H3,(H2,21,25)(H,22,23). The summed E-state index contributed by atoms with van der Waals surface area (Å²) in [5, 5.41) is 0. The third-order valence-electron chi connectivity index (χ3n) is 4.91. The van der Waals surface area contributed by atoms with E-state index >= 15 is 0 Å². The van der Waals surface area contributed by atoms with Crippen molar-refractivity contribution in [2.75, 3.05) is 13.6 Å². The molecule has 1 aliphatic heterocycles. The highest BCUT2D eigenvalue weighted by molar-refractivity contribution is 6.04. The Morgan fingerprint density at radius 1 is 1.32 bits per heavy atom. The Labute approximate surface area is 144 Å². The zero-order valence-corrected chi connectivity index (χ0v) is 13.9. The van der Waals surface area contributed by atoms with E-state index in [9.17, 15) is 9.18 Å². The van der Waals surface area contributed by atoms with Gasteiger partial charge in [0.1, 0.15) is 17.2 Å². The molecule has 1 unspecified atom stereocenters. The van der Waals surface area contributed by atoms with Crippen LogP contribution in [0.1, 0.15) is 34.8 Å². The topological polar surface area (TPSA) is 75.0 Å². The number of nitrogens with zero attached hydrogens (tertiary/aromatic N) is 2. The number of benzene rings is 2. The Morgan fingerprint density at radius 2 is 2.08 bits per heavy atom. The minimum atomic E-state index is -0.692. The summed E-state index contributed by atoms with van der Waals surface area (Å²) in [7, 11) is 2.14. The van der Waals surface area contributed by atoms with Crippen molar-refractivity contribution in [3.05, 3.63) is 53.3 Å². The Balaban J connectivity index is 1.72. The Hall–Kier alpha value is -2.73. The molecule has 1 atom stereocenters. The SMILES string of the molecule is CN1CCCC1c1ccc(-c2nc3c(C(N)=O)cc(F)cc3[nH]2)cc1. The summed E-state index contributed by atoms with van der Waals surface area (Å²) in [6, 6.07) is 11.1. The van der Waals surface area contributed by atoms with Gasteiger partial charge in [0.25, 0.3) is 5.91 Å². The lowest BCUT2D eigenvalue weighted by Gasteiger charge is -2.19. The Kier molecular flexibility index (Phi) is 3.77. The Bertz CT molecular complexity index is 948. The number of primary amides is 1. The van der Waals surface area contributed by atoms with Crippen LogP contribution < -0.4 is 5.73 Å². The molecule has 2 heterocycles. The second kappa shape index (κ2) is 5.97. The van der Waals surface area contributed by atoms with Crippen LogP contribution in [-0.2, 0) is 0 Å². The first kappa shape index (κ1) is 15.8. The van der Waals surface area contributed by atoms with E-state index in [0.29, 0.717) is 22.9 Å². The van der Waals surface area contributed by atoms with Crippen LogP contribution in [0, 0.1) is 5.82 Å². The Morgan fingerprint density at radius 3 is 2.72 bits per heavy atom. The summed E-state index contributed by atoms with van der Waals surface area (Å²) in [5.41, 5.74) is 8.44. The van der Waals surface area contributed by atoms with Gasteiger partial charge in [-0.1, -0.05) is 24.3 Å². The van der Waals surface area contributed by atoms with E-state index in [2.05, 4.69) is 34.0 Å². The van der Waals surface area contributed by atoms with Crippen molar-refractivity contribution < 1.29 is 9.18 Å². The first-order valence-corrected chi connectivity index (χ1v) is 8.32. The van der Waals surface area contributed by atoms with Crippen LogP contribution in [0.4, 0.5) is 4.39 Å². The molecule has 5 nitrogen and oxygen atoms in total. The predicted octanol–water partition coefficient (Wildman–Crippen LogP) is 3.23. The van der Waals surface area contributed by atoms with Crippen LogP contribution in [0.15, 0.2) is 36.4 Å². The van der Waals surface area contributed by atoms with E-state index < -0.39 is 11.7 Å². The molecular weight excluding hydrogens is 319 g/mol. The lowest BCUT2D eigenvalue weighted by Crippen LogP contribution is -2.17. The number of nitrogens with one attached hydrogen (secondary N) is 1. The number of carbonyl (C=O) groups is 1. The molecule has 0 bridgehead atoms. The van der Waals surface area contributed by atoms with Gasteiger partial charge in [-0.25, -0.2) is 9.37 Å². The maximum atomic E-state index is 13.7. The molecule has 0 aliphatic carbocycles. The largest absolute Gasteiger partial charge is 0.366 e. The molecule has 1 aromatic heterocycles. The smallest absolute Gasteiger partial charge is 0.251 e. The fourth-order valence-electron chi connectivity index (χ4n) is 3.60. The number of H-pyrrole nitrogens is 1. The number of hydrogen-bond acceptors (Lipinski definition) is 3. The van der Waals surface area contributed by atoms with Gasteiger partial charge in [0.05, 0.1) is 11.1 Å². The normalized spacial score (nSPS) is 18.1. The number of aromatic amines is 1. The maximum absolute atomic E-state index is 13.7. The highest BCUT2D eigenvalue weighted by Gasteiger charge is 2.22. The lowest BCUT2D eigenvalue weighted by molar-refractivity contribution is 0.100. The summed E-state index contributed by atoms with van der Waals surface area (Å²) in [6.07, 6.45) is 2.38. The van der Waals surface area contributed by atoms with Gasteiger partial charge in [0.15, 0.2) is 0 Å². The van der Waals surface area contributed by atoms with Gasteiger partial charge in [-0.15, -0.1) is 0 Å². The van der Waals surface area contributed by atoms with Crippen LogP contribution in [0.25, 0.3) is 22.4 Å². The van der Waals surface area contributed by atoms with Gasteiger partial charge in [0.2, 0.25) is 0 Å². The van der Waals surface area contributed by atoms with Gasteiger partial charge >= 0.3 is 0 Å². The number of hydrogen-bond donors (Lipinski definition) is 2. The van der Waals surface area contributed by atoms with E-state index in [1.807, 2.05) is 12.1 Å². The highest BCUT2D eigenvalue weighted by atomic mass is 19.1. The first-order chi connectivity index (χ1) is 12.0. The molecule has 6 heteroatoms. The van der Waals surface area contributed by atoms with Crippen LogP contribution in [-0.4, -0.2) is 34.4 Å². The highest BCUT2D eigenvalue weighted by Crippen LogP contribution is 2.31. The summed E-state index contributed by atoms with van der Waals surface area (Å²) in [5.74, 6) is -0.618. The first-order valence-electron chi connectivity index (χ1n) is 8.32. The average Bonchev–Trinajstić information content (AvgIpc) is 3.20. The van der Waals surface area contributed by atoms with Crippen molar-refractivity contribution in [2.45, 2.75) is 18.9 Å².